The van der Waals surface area contributed by atoms with Gasteiger partial charge >= 0.3 is 0 Å². The molecule has 2 nitrogen and oxygen atoms in total. The zero-order valence-corrected chi connectivity index (χ0v) is 13.6. The largest absolute Gasteiger partial charge is 0.456 e. The van der Waals surface area contributed by atoms with Crippen molar-refractivity contribution in [3.05, 3.63) is 57.5 Å². The third kappa shape index (κ3) is 3.98. The first-order chi connectivity index (χ1) is 9.60. The predicted octanol–water partition coefficient (Wildman–Crippen LogP) is 5.17. The highest BCUT2D eigenvalue weighted by Crippen LogP contribution is 2.31. The molecule has 2 aromatic rings. The van der Waals surface area contributed by atoms with Gasteiger partial charge in [0, 0.05) is 10.5 Å². The average molecular weight is 355 g/mol. The van der Waals surface area contributed by atoms with Crippen LogP contribution in [0.1, 0.15) is 18.9 Å². The number of rotatable bonds is 5. The van der Waals surface area contributed by atoms with Crippen LogP contribution in [0.3, 0.4) is 0 Å². The van der Waals surface area contributed by atoms with Crippen LogP contribution in [-0.4, -0.2) is 6.04 Å². The molecule has 1 unspecified atom stereocenters. The molecule has 0 saturated carbocycles. The number of hydrogen-bond acceptors (Lipinski definition) is 2. The van der Waals surface area contributed by atoms with Crippen LogP contribution in [0.5, 0.6) is 11.5 Å². The Morgan fingerprint density at radius 1 is 1.25 bits per heavy atom. The zero-order chi connectivity index (χ0) is 14.5. The second-order valence-electron chi connectivity index (χ2n) is 4.66. The van der Waals surface area contributed by atoms with Gasteiger partial charge in [-0.05, 0) is 42.7 Å². The molecule has 0 aliphatic rings. The molecule has 2 aromatic carbocycles. The van der Waals surface area contributed by atoms with Crippen molar-refractivity contribution in [1.29, 1.82) is 0 Å². The molecule has 0 aromatic heterocycles. The number of hydrogen-bond donors (Lipinski definition) is 1. The summed E-state index contributed by atoms with van der Waals surface area (Å²) in [6.45, 7) is 2.09. The van der Waals surface area contributed by atoms with E-state index in [0.717, 1.165) is 23.1 Å². The summed E-state index contributed by atoms with van der Waals surface area (Å²) in [5.74, 6) is 1.40. The van der Waals surface area contributed by atoms with Gasteiger partial charge in [-0.15, -0.1) is 0 Å². The first kappa shape index (κ1) is 15.4. The second-order valence-corrected chi connectivity index (χ2v) is 5.92. The van der Waals surface area contributed by atoms with E-state index < -0.39 is 0 Å². The smallest absolute Gasteiger partial charge is 0.146 e. The Balaban J connectivity index is 2.15. The van der Waals surface area contributed by atoms with E-state index in [2.05, 4.69) is 22.9 Å². The molecule has 0 aliphatic carbocycles. The zero-order valence-electron chi connectivity index (χ0n) is 11.3. The van der Waals surface area contributed by atoms with Gasteiger partial charge in [0.15, 0.2) is 0 Å². The number of benzene rings is 2. The molecule has 0 saturated heterocycles. The Hall–Kier alpha value is -1.03. The van der Waals surface area contributed by atoms with Crippen molar-refractivity contribution in [3.8, 4) is 11.5 Å². The number of halogens is 2. The number of nitrogens with two attached hydrogens (primary N) is 1. The maximum Gasteiger partial charge on any atom is 0.146 e. The average Bonchev–Trinajstić information content (AvgIpc) is 2.44. The summed E-state index contributed by atoms with van der Waals surface area (Å²) in [6.07, 6.45) is 1.81. The molecule has 0 radical (unpaired) electrons. The maximum atomic E-state index is 6.08. The van der Waals surface area contributed by atoms with Crippen LogP contribution < -0.4 is 10.5 Å². The second kappa shape index (κ2) is 7.11. The van der Waals surface area contributed by atoms with Crippen LogP contribution in [0.15, 0.2) is 46.9 Å². The lowest BCUT2D eigenvalue weighted by Crippen LogP contribution is -2.21. The highest BCUT2D eigenvalue weighted by molar-refractivity contribution is 9.10. The highest BCUT2D eigenvalue weighted by atomic mass is 79.9. The molecule has 4 heteroatoms. The fourth-order valence-electron chi connectivity index (χ4n) is 1.84. The van der Waals surface area contributed by atoms with Crippen molar-refractivity contribution in [2.75, 3.05) is 0 Å². The standard InChI is InChI=1S/C16H17BrClNO/c1-2-12(19)9-11-7-8-13(10-14(11)17)20-16-6-4-3-5-15(16)18/h3-8,10,12H,2,9,19H2,1H3. The minimum Gasteiger partial charge on any atom is -0.456 e. The summed E-state index contributed by atoms with van der Waals surface area (Å²) < 4.78 is 6.79. The van der Waals surface area contributed by atoms with Gasteiger partial charge < -0.3 is 10.5 Å². The molecule has 0 aliphatic heterocycles. The van der Waals surface area contributed by atoms with Crippen LogP contribution >= 0.6 is 27.5 Å². The van der Waals surface area contributed by atoms with Crippen molar-refractivity contribution < 1.29 is 4.74 Å². The molecule has 106 valence electrons. The van der Waals surface area contributed by atoms with E-state index in [1.54, 1.807) is 6.07 Å². The topological polar surface area (TPSA) is 35.2 Å². The molecule has 2 rings (SSSR count). The van der Waals surface area contributed by atoms with Crippen LogP contribution in [0.25, 0.3) is 0 Å². The SMILES string of the molecule is CCC(N)Cc1ccc(Oc2ccccc2Cl)cc1Br. The summed E-state index contributed by atoms with van der Waals surface area (Å²) in [5, 5.41) is 0.598. The lowest BCUT2D eigenvalue weighted by Gasteiger charge is -2.12. The number of para-hydroxylation sites is 1. The molecule has 2 N–H and O–H groups in total. The Morgan fingerprint density at radius 3 is 2.65 bits per heavy atom. The van der Waals surface area contributed by atoms with Gasteiger partial charge in [0.05, 0.1) is 5.02 Å². The summed E-state index contributed by atoms with van der Waals surface area (Å²) in [7, 11) is 0. The van der Waals surface area contributed by atoms with Crippen LogP contribution in [0.4, 0.5) is 0 Å². The molecule has 20 heavy (non-hydrogen) atoms. The van der Waals surface area contributed by atoms with Crippen molar-refractivity contribution in [2.45, 2.75) is 25.8 Å². The molecular weight excluding hydrogens is 338 g/mol. The molecule has 0 spiro atoms. The summed E-state index contributed by atoms with van der Waals surface area (Å²) >= 11 is 9.65. The fourth-order valence-corrected chi connectivity index (χ4v) is 2.53. The molecular formula is C16H17BrClNO. The lowest BCUT2D eigenvalue weighted by molar-refractivity contribution is 0.482. The summed E-state index contributed by atoms with van der Waals surface area (Å²) in [4.78, 5) is 0. The monoisotopic (exact) mass is 353 g/mol. The minimum absolute atomic E-state index is 0.182. The predicted molar refractivity (Wildman–Crippen MR) is 87.6 cm³/mol. The minimum atomic E-state index is 0.182. The van der Waals surface area contributed by atoms with Gasteiger partial charge in [-0.2, -0.15) is 0 Å². The van der Waals surface area contributed by atoms with Crippen molar-refractivity contribution in [2.24, 2.45) is 5.73 Å². The first-order valence-corrected chi connectivity index (χ1v) is 7.73. The van der Waals surface area contributed by atoms with E-state index in [1.807, 2.05) is 36.4 Å². The van der Waals surface area contributed by atoms with Gasteiger partial charge in [0.1, 0.15) is 11.5 Å². The van der Waals surface area contributed by atoms with Crippen LogP contribution in [-0.2, 0) is 6.42 Å². The third-order valence-corrected chi connectivity index (χ3v) is 4.15. The van der Waals surface area contributed by atoms with E-state index in [4.69, 9.17) is 22.1 Å². The Labute approximate surface area is 133 Å². The van der Waals surface area contributed by atoms with Gasteiger partial charge in [0.25, 0.3) is 0 Å². The fraction of sp³-hybridized carbons (Fsp3) is 0.250. The molecule has 0 bridgehead atoms. The first-order valence-electron chi connectivity index (χ1n) is 6.56. The summed E-state index contributed by atoms with van der Waals surface area (Å²) in [6, 6.07) is 13.5. The van der Waals surface area contributed by atoms with Gasteiger partial charge in [-0.1, -0.05) is 52.7 Å². The van der Waals surface area contributed by atoms with Crippen molar-refractivity contribution in [1.82, 2.24) is 0 Å². The number of ether oxygens (including phenoxy) is 1. The van der Waals surface area contributed by atoms with Gasteiger partial charge in [-0.3, -0.25) is 0 Å². The van der Waals surface area contributed by atoms with Gasteiger partial charge in [-0.25, -0.2) is 0 Å². The van der Waals surface area contributed by atoms with Crippen LogP contribution in [0, 0.1) is 0 Å². The lowest BCUT2D eigenvalue weighted by atomic mass is 10.0. The van der Waals surface area contributed by atoms with E-state index >= 15 is 0 Å². The molecule has 0 heterocycles. The summed E-state index contributed by atoms with van der Waals surface area (Å²) in [5.41, 5.74) is 7.17. The van der Waals surface area contributed by atoms with E-state index in [-0.39, 0.29) is 6.04 Å². The van der Waals surface area contributed by atoms with Crippen LogP contribution in [0.2, 0.25) is 5.02 Å². The third-order valence-electron chi connectivity index (χ3n) is 3.10. The normalized spacial score (nSPS) is 12.2. The highest BCUT2D eigenvalue weighted by Gasteiger charge is 2.08. The quantitative estimate of drug-likeness (QED) is 0.803. The Bertz CT molecular complexity index is 588. The van der Waals surface area contributed by atoms with Gasteiger partial charge in [0.2, 0.25) is 0 Å². The Kier molecular flexibility index (Phi) is 5.46. The maximum absolute atomic E-state index is 6.08. The van der Waals surface area contributed by atoms with E-state index in [0.29, 0.717) is 10.8 Å². The van der Waals surface area contributed by atoms with Crippen molar-refractivity contribution >= 4 is 27.5 Å². The molecule has 1 atom stereocenters. The Morgan fingerprint density at radius 2 is 2.00 bits per heavy atom. The van der Waals surface area contributed by atoms with E-state index in [1.165, 1.54) is 5.56 Å². The van der Waals surface area contributed by atoms with E-state index in [9.17, 15) is 0 Å². The molecule has 0 amide bonds. The van der Waals surface area contributed by atoms with Crippen molar-refractivity contribution in [3.63, 3.8) is 0 Å². The molecule has 0 fully saturated rings.